The van der Waals surface area contributed by atoms with Gasteiger partial charge in [-0.2, -0.15) is 0 Å². The molecule has 3 atom stereocenters. The van der Waals surface area contributed by atoms with Gasteiger partial charge in [0, 0.05) is 50.4 Å². The lowest BCUT2D eigenvalue weighted by molar-refractivity contribution is -0.136. The van der Waals surface area contributed by atoms with Crippen molar-refractivity contribution in [1.29, 1.82) is 0 Å². The Bertz CT molecular complexity index is 2190. The number of benzene rings is 4. The number of anilines is 1. The molecule has 4 aliphatic heterocycles. The van der Waals surface area contributed by atoms with Crippen molar-refractivity contribution < 1.29 is 23.9 Å². The van der Waals surface area contributed by atoms with Crippen molar-refractivity contribution in [1.82, 2.24) is 20.0 Å². The summed E-state index contributed by atoms with van der Waals surface area (Å²) in [5, 5.41) is 2.27. The highest BCUT2D eigenvalue weighted by Gasteiger charge is 2.45. The predicted octanol–water partition coefficient (Wildman–Crippen LogP) is 7.15. The number of carbonyl (C=O) groups is 4. The normalized spacial score (nSPS) is 22.3. The Hall–Kier alpha value is -5.58. The fraction of sp³-hybridized carbons (Fsp3) is 0.388. The van der Waals surface area contributed by atoms with Crippen molar-refractivity contribution in [3.63, 3.8) is 0 Å². The molecule has 1 N–H and O–H groups in total. The van der Waals surface area contributed by atoms with E-state index in [9.17, 15) is 19.2 Å². The summed E-state index contributed by atoms with van der Waals surface area (Å²) >= 11 is 0. The van der Waals surface area contributed by atoms with Crippen molar-refractivity contribution in [3.05, 3.63) is 131 Å². The van der Waals surface area contributed by atoms with Gasteiger partial charge in [-0.1, -0.05) is 79.7 Å². The standard InChI is InChI=1S/C49H55N5O5/c1-4-41(36-11-7-5-8-12-36)46(37-13-9-6-10-14-37)38-15-18-40(19-16-38)59-28-27-51-25-23-35(24-26-51)32-53-33(2)30-52(31-34(53)3)39-17-20-42-43(29-39)49(58)54(48(42)57)44-21-22-45(55)50-47(44)56/h5-20,29,33-35,44H,4,21-28,30-32H2,1-3H3,(H,50,55,56). The molecule has 59 heavy (non-hydrogen) atoms. The number of carbonyl (C=O) groups excluding carboxylic acids is 4. The van der Waals surface area contributed by atoms with E-state index in [1.54, 1.807) is 12.1 Å². The topological polar surface area (TPSA) is 102 Å². The maximum Gasteiger partial charge on any atom is 0.262 e. The summed E-state index contributed by atoms with van der Waals surface area (Å²) in [5.74, 6) is -0.392. The second kappa shape index (κ2) is 17.7. The summed E-state index contributed by atoms with van der Waals surface area (Å²) in [7, 11) is 0. The van der Waals surface area contributed by atoms with Crippen LogP contribution in [0.15, 0.2) is 103 Å². The summed E-state index contributed by atoms with van der Waals surface area (Å²) in [6, 6.07) is 35.0. The van der Waals surface area contributed by atoms with Crippen LogP contribution < -0.4 is 15.0 Å². The predicted molar refractivity (Wildman–Crippen MR) is 231 cm³/mol. The SMILES string of the molecule is CCC(=C(c1ccccc1)c1ccc(OCCN2CCC(CN3C(C)CN(c4ccc5c(c4)C(=O)N(C4CCC(=O)NC4=O)C5=O)CC3C)CC2)cc1)c1ccccc1. The summed E-state index contributed by atoms with van der Waals surface area (Å²) < 4.78 is 6.28. The summed E-state index contributed by atoms with van der Waals surface area (Å²) in [5.41, 5.74) is 7.78. The molecule has 0 radical (unpaired) electrons. The van der Waals surface area contributed by atoms with Crippen LogP contribution in [-0.2, 0) is 9.59 Å². The van der Waals surface area contributed by atoms with Gasteiger partial charge in [0.2, 0.25) is 11.8 Å². The summed E-state index contributed by atoms with van der Waals surface area (Å²) in [4.78, 5) is 59.4. The monoisotopic (exact) mass is 793 g/mol. The first-order valence-electron chi connectivity index (χ1n) is 21.3. The van der Waals surface area contributed by atoms with Crippen molar-refractivity contribution in [2.75, 3.05) is 50.8 Å². The fourth-order valence-electron chi connectivity index (χ4n) is 9.57. The lowest BCUT2D eigenvalue weighted by Gasteiger charge is -2.47. The van der Waals surface area contributed by atoms with E-state index < -0.39 is 23.8 Å². The van der Waals surface area contributed by atoms with E-state index in [1.807, 2.05) is 6.07 Å². The molecule has 8 rings (SSSR count). The Morgan fingerprint density at radius 1 is 0.729 bits per heavy atom. The summed E-state index contributed by atoms with van der Waals surface area (Å²) in [6.45, 7) is 13.2. The van der Waals surface area contributed by atoms with Crippen molar-refractivity contribution in [2.24, 2.45) is 5.92 Å². The number of allylic oxidation sites excluding steroid dienone is 1. The van der Waals surface area contributed by atoms with Gasteiger partial charge in [0.15, 0.2) is 0 Å². The molecule has 4 aromatic rings. The third-order valence-electron chi connectivity index (χ3n) is 12.7. The lowest BCUT2D eigenvalue weighted by Crippen LogP contribution is -2.58. The molecule has 3 unspecified atom stereocenters. The van der Waals surface area contributed by atoms with Gasteiger partial charge in [-0.15, -0.1) is 0 Å². The van der Waals surface area contributed by atoms with Gasteiger partial charge < -0.3 is 9.64 Å². The fourth-order valence-corrected chi connectivity index (χ4v) is 9.57. The molecular weight excluding hydrogens is 739 g/mol. The Morgan fingerprint density at radius 3 is 2.00 bits per heavy atom. The van der Waals surface area contributed by atoms with Crippen molar-refractivity contribution in [2.45, 2.75) is 71.0 Å². The number of ether oxygens (including phenoxy) is 1. The Labute approximate surface area is 347 Å². The molecule has 4 aliphatic rings. The van der Waals surface area contributed by atoms with Crippen LogP contribution >= 0.6 is 0 Å². The van der Waals surface area contributed by atoms with Gasteiger partial charge in [-0.3, -0.25) is 39.2 Å². The highest BCUT2D eigenvalue weighted by molar-refractivity contribution is 6.23. The minimum Gasteiger partial charge on any atom is -0.492 e. The van der Waals surface area contributed by atoms with E-state index in [2.05, 4.69) is 126 Å². The van der Waals surface area contributed by atoms with Gasteiger partial charge in [-0.05, 0) is 117 Å². The second-order valence-electron chi connectivity index (χ2n) is 16.6. The van der Waals surface area contributed by atoms with Crippen LogP contribution in [0.5, 0.6) is 5.75 Å². The molecule has 0 spiro atoms. The number of piperazine rings is 1. The van der Waals surface area contributed by atoms with Crippen molar-refractivity contribution >= 4 is 40.5 Å². The lowest BCUT2D eigenvalue weighted by atomic mass is 9.88. The van der Waals surface area contributed by atoms with Crippen LogP contribution in [0.25, 0.3) is 11.1 Å². The molecule has 306 valence electrons. The number of piperidine rings is 2. The van der Waals surface area contributed by atoms with Gasteiger partial charge in [-0.25, -0.2) is 0 Å². The third kappa shape index (κ3) is 8.61. The molecule has 4 aromatic carbocycles. The molecule has 0 aliphatic carbocycles. The Morgan fingerprint density at radius 2 is 1.36 bits per heavy atom. The van der Waals surface area contributed by atoms with E-state index in [4.69, 9.17) is 4.74 Å². The van der Waals surface area contributed by atoms with Crippen LogP contribution in [-0.4, -0.2) is 102 Å². The van der Waals surface area contributed by atoms with Crippen LogP contribution in [0.2, 0.25) is 0 Å². The average Bonchev–Trinajstić information content (AvgIpc) is 3.50. The van der Waals surface area contributed by atoms with E-state index in [0.717, 1.165) is 74.9 Å². The first-order chi connectivity index (χ1) is 28.7. The number of hydrogen-bond donors (Lipinski definition) is 1. The maximum absolute atomic E-state index is 13.5. The van der Waals surface area contributed by atoms with Gasteiger partial charge >= 0.3 is 0 Å². The quantitative estimate of drug-likeness (QED) is 0.119. The molecule has 10 heteroatoms. The highest BCUT2D eigenvalue weighted by atomic mass is 16.5. The molecule has 3 saturated heterocycles. The molecule has 10 nitrogen and oxygen atoms in total. The number of rotatable bonds is 12. The first-order valence-corrected chi connectivity index (χ1v) is 21.3. The molecule has 4 amide bonds. The number of hydrogen-bond acceptors (Lipinski definition) is 8. The minimum atomic E-state index is -0.965. The zero-order valence-electron chi connectivity index (χ0n) is 34.4. The third-order valence-corrected chi connectivity index (χ3v) is 12.7. The zero-order valence-corrected chi connectivity index (χ0v) is 34.4. The number of nitrogens with zero attached hydrogens (tertiary/aromatic N) is 4. The average molecular weight is 794 g/mol. The summed E-state index contributed by atoms with van der Waals surface area (Å²) in [6.07, 6.45) is 3.50. The van der Waals surface area contributed by atoms with Gasteiger partial charge in [0.1, 0.15) is 18.4 Å². The van der Waals surface area contributed by atoms with E-state index in [-0.39, 0.29) is 18.7 Å². The second-order valence-corrected chi connectivity index (χ2v) is 16.6. The van der Waals surface area contributed by atoms with Crippen LogP contribution in [0.4, 0.5) is 5.69 Å². The number of nitrogens with one attached hydrogen (secondary N) is 1. The van der Waals surface area contributed by atoms with Crippen LogP contribution in [0.3, 0.4) is 0 Å². The Kier molecular flexibility index (Phi) is 12.1. The van der Waals surface area contributed by atoms with Crippen LogP contribution in [0, 0.1) is 5.92 Å². The first kappa shape index (κ1) is 40.2. The van der Waals surface area contributed by atoms with E-state index >= 15 is 0 Å². The smallest absolute Gasteiger partial charge is 0.262 e. The van der Waals surface area contributed by atoms with Crippen LogP contribution in [0.1, 0.15) is 90.3 Å². The minimum absolute atomic E-state index is 0.102. The number of likely N-dealkylation sites (tertiary alicyclic amines) is 1. The molecular formula is C49H55N5O5. The molecule has 3 fully saturated rings. The Balaban J connectivity index is 0.812. The molecule has 4 heterocycles. The van der Waals surface area contributed by atoms with Gasteiger partial charge in [0.05, 0.1) is 11.1 Å². The molecule has 0 aromatic heterocycles. The van der Waals surface area contributed by atoms with Crippen molar-refractivity contribution in [3.8, 4) is 5.75 Å². The van der Waals surface area contributed by atoms with E-state index in [0.29, 0.717) is 35.7 Å². The highest BCUT2D eigenvalue weighted by Crippen LogP contribution is 2.36. The molecule has 0 saturated carbocycles. The molecule has 0 bridgehead atoms. The van der Waals surface area contributed by atoms with E-state index in [1.165, 1.54) is 27.8 Å². The maximum atomic E-state index is 13.5. The zero-order chi connectivity index (χ0) is 41.0. The number of imide groups is 2. The largest absolute Gasteiger partial charge is 0.492 e. The van der Waals surface area contributed by atoms with Gasteiger partial charge in [0.25, 0.3) is 11.8 Å². The number of amides is 4. The number of fused-ring (bicyclic) bond motifs is 1.